The molecule has 0 bridgehead atoms. The zero-order valence-corrected chi connectivity index (χ0v) is 15.7. The van der Waals surface area contributed by atoms with Crippen LogP contribution in [0.2, 0.25) is 0 Å². The molecule has 0 aromatic heterocycles. The maximum absolute atomic E-state index is 12.5. The molecule has 3 aromatic carbocycles. The van der Waals surface area contributed by atoms with Gasteiger partial charge in [-0.3, -0.25) is 9.59 Å². The van der Waals surface area contributed by atoms with Crippen molar-refractivity contribution in [3.63, 3.8) is 0 Å². The third-order valence-electron chi connectivity index (χ3n) is 3.78. The molecular formula is C21H17BrN2O2. The van der Waals surface area contributed by atoms with Gasteiger partial charge in [-0.1, -0.05) is 30.3 Å². The second-order valence-electron chi connectivity index (χ2n) is 5.84. The van der Waals surface area contributed by atoms with E-state index in [0.29, 0.717) is 21.3 Å². The summed E-state index contributed by atoms with van der Waals surface area (Å²) in [4.78, 5) is 24.9. The number of carbonyl (C=O) groups excluding carboxylic acids is 2. The first-order valence-corrected chi connectivity index (χ1v) is 8.86. The first-order chi connectivity index (χ1) is 12.5. The molecule has 0 atom stereocenters. The van der Waals surface area contributed by atoms with Crippen LogP contribution in [-0.4, -0.2) is 11.8 Å². The summed E-state index contributed by atoms with van der Waals surface area (Å²) in [7, 11) is 0. The Morgan fingerprint density at radius 1 is 0.769 bits per heavy atom. The quantitative estimate of drug-likeness (QED) is 0.618. The number of rotatable bonds is 4. The number of hydrogen-bond acceptors (Lipinski definition) is 2. The molecule has 0 fully saturated rings. The summed E-state index contributed by atoms with van der Waals surface area (Å²) in [5.74, 6) is -0.471. The van der Waals surface area contributed by atoms with E-state index in [1.807, 2.05) is 37.3 Å². The summed E-state index contributed by atoms with van der Waals surface area (Å²) in [6, 6.07) is 21.6. The molecule has 0 saturated carbocycles. The highest BCUT2D eigenvalue weighted by Crippen LogP contribution is 2.19. The number of amides is 2. The minimum atomic E-state index is -0.242. The lowest BCUT2D eigenvalue weighted by Crippen LogP contribution is -2.15. The molecule has 0 radical (unpaired) electrons. The van der Waals surface area contributed by atoms with Crippen LogP contribution in [0.4, 0.5) is 11.4 Å². The SMILES string of the molecule is Cc1cccc(NC(=O)c2cccc(NC(=O)c3ccccc3Br)c2)c1. The van der Waals surface area contributed by atoms with Crippen molar-refractivity contribution in [1.82, 2.24) is 0 Å². The van der Waals surface area contributed by atoms with Gasteiger partial charge >= 0.3 is 0 Å². The number of anilines is 2. The van der Waals surface area contributed by atoms with E-state index >= 15 is 0 Å². The summed E-state index contributed by atoms with van der Waals surface area (Å²) < 4.78 is 0.714. The van der Waals surface area contributed by atoms with Crippen molar-refractivity contribution in [2.45, 2.75) is 6.92 Å². The van der Waals surface area contributed by atoms with Crippen LogP contribution in [0.5, 0.6) is 0 Å². The van der Waals surface area contributed by atoms with E-state index in [4.69, 9.17) is 0 Å². The predicted molar refractivity (Wildman–Crippen MR) is 108 cm³/mol. The Labute approximate surface area is 160 Å². The highest BCUT2D eigenvalue weighted by molar-refractivity contribution is 9.10. The van der Waals surface area contributed by atoms with Gasteiger partial charge in [-0.25, -0.2) is 0 Å². The van der Waals surface area contributed by atoms with E-state index in [2.05, 4.69) is 26.6 Å². The molecule has 5 heteroatoms. The van der Waals surface area contributed by atoms with E-state index in [1.54, 1.807) is 42.5 Å². The van der Waals surface area contributed by atoms with Crippen LogP contribution >= 0.6 is 15.9 Å². The summed E-state index contributed by atoms with van der Waals surface area (Å²) in [6.07, 6.45) is 0. The van der Waals surface area contributed by atoms with Gasteiger partial charge in [0.15, 0.2) is 0 Å². The average molecular weight is 409 g/mol. The fourth-order valence-electron chi connectivity index (χ4n) is 2.51. The van der Waals surface area contributed by atoms with Crippen LogP contribution in [0.3, 0.4) is 0 Å². The van der Waals surface area contributed by atoms with Crippen molar-refractivity contribution in [2.75, 3.05) is 10.6 Å². The standard InChI is InChI=1S/C21H17BrN2O2/c1-14-6-4-8-16(12-14)23-20(25)15-7-5-9-17(13-15)24-21(26)18-10-2-3-11-19(18)22/h2-13H,1H3,(H,23,25)(H,24,26). The van der Waals surface area contributed by atoms with Gasteiger partial charge < -0.3 is 10.6 Å². The van der Waals surface area contributed by atoms with E-state index in [0.717, 1.165) is 11.3 Å². The molecule has 0 aliphatic heterocycles. The number of hydrogen-bond donors (Lipinski definition) is 2. The highest BCUT2D eigenvalue weighted by Gasteiger charge is 2.11. The molecule has 0 spiro atoms. The Kier molecular flexibility index (Phi) is 5.49. The molecule has 4 nitrogen and oxygen atoms in total. The molecule has 3 aromatic rings. The molecule has 2 N–H and O–H groups in total. The molecule has 0 unspecified atom stereocenters. The zero-order chi connectivity index (χ0) is 18.5. The zero-order valence-electron chi connectivity index (χ0n) is 14.1. The van der Waals surface area contributed by atoms with E-state index in [9.17, 15) is 9.59 Å². The first-order valence-electron chi connectivity index (χ1n) is 8.07. The lowest BCUT2D eigenvalue weighted by Gasteiger charge is -2.09. The lowest BCUT2D eigenvalue weighted by atomic mass is 10.1. The second kappa shape index (κ2) is 7.97. The van der Waals surface area contributed by atoms with Crippen LogP contribution < -0.4 is 10.6 Å². The molecule has 0 heterocycles. The Balaban J connectivity index is 1.74. The van der Waals surface area contributed by atoms with Crippen LogP contribution in [0.15, 0.2) is 77.3 Å². The van der Waals surface area contributed by atoms with Crippen LogP contribution in [-0.2, 0) is 0 Å². The van der Waals surface area contributed by atoms with Gasteiger partial charge in [0.1, 0.15) is 0 Å². The second-order valence-corrected chi connectivity index (χ2v) is 6.69. The average Bonchev–Trinajstić information content (AvgIpc) is 2.62. The monoisotopic (exact) mass is 408 g/mol. The first kappa shape index (κ1) is 17.9. The van der Waals surface area contributed by atoms with Gasteiger partial charge in [-0.15, -0.1) is 0 Å². The lowest BCUT2D eigenvalue weighted by molar-refractivity contribution is 0.101. The Morgan fingerprint density at radius 3 is 2.15 bits per heavy atom. The number of benzene rings is 3. The Morgan fingerprint density at radius 2 is 1.42 bits per heavy atom. The number of halogens is 1. The number of nitrogens with one attached hydrogen (secondary N) is 2. The minimum absolute atomic E-state index is 0.229. The minimum Gasteiger partial charge on any atom is -0.322 e. The number of aryl methyl sites for hydroxylation is 1. The summed E-state index contributed by atoms with van der Waals surface area (Å²) in [5, 5.41) is 5.68. The third kappa shape index (κ3) is 4.37. The van der Waals surface area contributed by atoms with E-state index in [-0.39, 0.29) is 11.8 Å². The molecule has 0 aliphatic rings. The fourth-order valence-corrected chi connectivity index (χ4v) is 2.97. The third-order valence-corrected chi connectivity index (χ3v) is 4.47. The molecule has 26 heavy (non-hydrogen) atoms. The maximum atomic E-state index is 12.5. The Bertz CT molecular complexity index is 969. The van der Waals surface area contributed by atoms with Crippen LogP contribution in [0.25, 0.3) is 0 Å². The smallest absolute Gasteiger partial charge is 0.256 e. The molecule has 3 rings (SSSR count). The van der Waals surface area contributed by atoms with Gasteiger partial charge in [-0.2, -0.15) is 0 Å². The topological polar surface area (TPSA) is 58.2 Å². The van der Waals surface area contributed by atoms with Crippen molar-refractivity contribution < 1.29 is 9.59 Å². The van der Waals surface area contributed by atoms with Gasteiger partial charge in [-0.05, 0) is 70.9 Å². The largest absolute Gasteiger partial charge is 0.322 e. The summed E-state index contributed by atoms with van der Waals surface area (Å²) >= 11 is 3.37. The summed E-state index contributed by atoms with van der Waals surface area (Å²) in [6.45, 7) is 1.97. The van der Waals surface area contributed by atoms with Crippen molar-refractivity contribution in [2.24, 2.45) is 0 Å². The maximum Gasteiger partial charge on any atom is 0.256 e. The van der Waals surface area contributed by atoms with Gasteiger partial charge in [0, 0.05) is 21.4 Å². The molecule has 130 valence electrons. The van der Waals surface area contributed by atoms with Crippen molar-refractivity contribution >= 4 is 39.1 Å². The van der Waals surface area contributed by atoms with Crippen LogP contribution in [0, 0.1) is 6.92 Å². The van der Waals surface area contributed by atoms with Crippen molar-refractivity contribution in [1.29, 1.82) is 0 Å². The molecule has 0 saturated heterocycles. The van der Waals surface area contributed by atoms with Gasteiger partial charge in [0.05, 0.1) is 5.56 Å². The molecule has 2 amide bonds. The Hall–Kier alpha value is -2.92. The van der Waals surface area contributed by atoms with Gasteiger partial charge in [0.25, 0.3) is 11.8 Å². The molecule has 0 aliphatic carbocycles. The normalized spacial score (nSPS) is 10.2. The van der Waals surface area contributed by atoms with E-state index < -0.39 is 0 Å². The van der Waals surface area contributed by atoms with Crippen LogP contribution in [0.1, 0.15) is 26.3 Å². The van der Waals surface area contributed by atoms with E-state index in [1.165, 1.54) is 0 Å². The van der Waals surface area contributed by atoms with Crippen molar-refractivity contribution in [3.8, 4) is 0 Å². The highest BCUT2D eigenvalue weighted by atomic mass is 79.9. The fraction of sp³-hybridized carbons (Fsp3) is 0.0476. The molecular weight excluding hydrogens is 392 g/mol. The van der Waals surface area contributed by atoms with Gasteiger partial charge in [0.2, 0.25) is 0 Å². The summed E-state index contributed by atoms with van der Waals surface area (Å²) in [5.41, 5.74) is 3.36. The number of carbonyl (C=O) groups is 2. The van der Waals surface area contributed by atoms with Crippen molar-refractivity contribution in [3.05, 3.63) is 94.0 Å². The predicted octanol–water partition coefficient (Wildman–Crippen LogP) is 5.26.